The van der Waals surface area contributed by atoms with Crippen molar-refractivity contribution >= 4 is 22.3 Å². The molecule has 0 spiro atoms. The lowest BCUT2D eigenvalue weighted by atomic mass is 9.70. The maximum absolute atomic E-state index is 12.5. The zero-order chi connectivity index (χ0) is 13.9. The molecule has 2 aromatic carbocycles. The average Bonchev–Trinajstić information content (AvgIpc) is 2.36. The Balaban J connectivity index is 2.57. The Morgan fingerprint density at radius 1 is 0.737 bits per heavy atom. The number of Topliss-reactive ketones (excluding diaryl/α,β-unsaturated/α-hetero) is 2. The fourth-order valence-electron chi connectivity index (χ4n) is 3.02. The Morgan fingerprint density at radius 3 is 1.58 bits per heavy atom. The van der Waals surface area contributed by atoms with Crippen molar-refractivity contribution in [1.29, 1.82) is 0 Å². The predicted molar refractivity (Wildman–Crippen MR) is 75.9 cm³/mol. The minimum Gasteiger partial charge on any atom is -0.293 e. The Labute approximate surface area is 112 Å². The van der Waals surface area contributed by atoms with Crippen molar-refractivity contribution in [3.05, 3.63) is 46.5 Å². The van der Waals surface area contributed by atoms with Crippen molar-refractivity contribution in [3.63, 3.8) is 0 Å². The molecule has 1 aliphatic rings. The van der Waals surface area contributed by atoms with Crippen molar-refractivity contribution in [3.8, 4) is 0 Å². The van der Waals surface area contributed by atoms with Gasteiger partial charge in [-0.1, -0.05) is 24.3 Å². The van der Waals surface area contributed by atoms with E-state index in [4.69, 9.17) is 0 Å². The van der Waals surface area contributed by atoms with Crippen LogP contribution >= 0.6 is 0 Å². The van der Waals surface area contributed by atoms with Crippen LogP contribution in [0.25, 0.3) is 10.8 Å². The van der Waals surface area contributed by atoms with Gasteiger partial charge >= 0.3 is 0 Å². The zero-order valence-corrected chi connectivity index (χ0v) is 11.6. The molecule has 2 nitrogen and oxygen atoms in total. The second kappa shape index (κ2) is 3.53. The van der Waals surface area contributed by atoms with Gasteiger partial charge in [-0.15, -0.1) is 0 Å². The van der Waals surface area contributed by atoms with E-state index >= 15 is 0 Å². The van der Waals surface area contributed by atoms with Gasteiger partial charge in [-0.05, 0) is 44.2 Å². The van der Waals surface area contributed by atoms with Crippen LogP contribution < -0.4 is 0 Å². The lowest BCUT2D eigenvalue weighted by Crippen LogP contribution is -2.37. The van der Waals surface area contributed by atoms with Gasteiger partial charge in [0.05, 0.1) is 5.41 Å². The lowest BCUT2D eigenvalue weighted by molar-refractivity contribution is 0.0706. The number of ketones is 2. The first-order valence-electron chi connectivity index (χ1n) is 6.48. The third-order valence-corrected chi connectivity index (χ3v) is 4.20. The highest BCUT2D eigenvalue weighted by Gasteiger charge is 2.42. The molecule has 0 aliphatic heterocycles. The van der Waals surface area contributed by atoms with Gasteiger partial charge in [0.2, 0.25) is 0 Å². The van der Waals surface area contributed by atoms with Crippen molar-refractivity contribution in [2.24, 2.45) is 5.41 Å². The summed E-state index contributed by atoms with van der Waals surface area (Å²) in [5, 5.41) is 1.89. The number of carbonyl (C=O) groups excluding carboxylic acids is 2. The highest BCUT2D eigenvalue weighted by Crippen LogP contribution is 2.40. The van der Waals surface area contributed by atoms with Gasteiger partial charge in [0.25, 0.3) is 0 Å². The van der Waals surface area contributed by atoms with E-state index in [2.05, 4.69) is 0 Å². The van der Waals surface area contributed by atoms with E-state index in [0.29, 0.717) is 11.1 Å². The number of benzene rings is 2. The number of hydrogen-bond acceptors (Lipinski definition) is 2. The topological polar surface area (TPSA) is 34.1 Å². The summed E-state index contributed by atoms with van der Waals surface area (Å²) in [6, 6.07) is 7.66. The molecule has 2 heteroatoms. The number of aryl methyl sites for hydroxylation is 2. The summed E-state index contributed by atoms with van der Waals surface area (Å²) in [6.45, 7) is 7.47. The van der Waals surface area contributed by atoms with Crippen LogP contribution in [0.2, 0.25) is 0 Å². The summed E-state index contributed by atoms with van der Waals surface area (Å²) in [5.74, 6) is -0.138. The fraction of sp³-hybridized carbons (Fsp3) is 0.294. The SMILES string of the molecule is Cc1ccc2c3c(ccc(C)c13)C(=O)C(C)(C)C2=O. The van der Waals surface area contributed by atoms with Crippen molar-refractivity contribution in [2.75, 3.05) is 0 Å². The molecule has 1 aliphatic carbocycles. The summed E-state index contributed by atoms with van der Waals surface area (Å²) in [6.07, 6.45) is 0. The van der Waals surface area contributed by atoms with E-state index in [1.165, 1.54) is 0 Å². The maximum Gasteiger partial charge on any atom is 0.176 e. The number of hydrogen-bond donors (Lipinski definition) is 0. The molecule has 0 saturated heterocycles. The molecule has 0 saturated carbocycles. The van der Waals surface area contributed by atoms with Gasteiger partial charge in [-0.3, -0.25) is 9.59 Å². The molecule has 2 aromatic rings. The van der Waals surface area contributed by atoms with Crippen LogP contribution in [0, 0.1) is 19.3 Å². The molecule has 0 atom stereocenters. The quantitative estimate of drug-likeness (QED) is 0.667. The van der Waals surface area contributed by atoms with Gasteiger partial charge in [0, 0.05) is 16.5 Å². The van der Waals surface area contributed by atoms with E-state index in [1.807, 2.05) is 38.1 Å². The summed E-state index contributed by atoms with van der Waals surface area (Å²) >= 11 is 0. The van der Waals surface area contributed by atoms with Gasteiger partial charge in [-0.25, -0.2) is 0 Å². The minimum atomic E-state index is -0.954. The van der Waals surface area contributed by atoms with Gasteiger partial charge in [-0.2, -0.15) is 0 Å². The van der Waals surface area contributed by atoms with Crippen molar-refractivity contribution < 1.29 is 9.59 Å². The highest BCUT2D eigenvalue weighted by molar-refractivity contribution is 6.31. The third kappa shape index (κ3) is 1.37. The van der Waals surface area contributed by atoms with Crippen LogP contribution in [0.5, 0.6) is 0 Å². The zero-order valence-electron chi connectivity index (χ0n) is 11.6. The van der Waals surface area contributed by atoms with Crippen molar-refractivity contribution in [2.45, 2.75) is 27.7 Å². The molecule has 0 N–H and O–H groups in total. The first kappa shape index (κ1) is 12.1. The van der Waals surface area contributed by atoms with E-state index in [1.54, 1.807) is 13.8 Å². The summed E-state index contributed by atoms with van der Waals surface area (Å²) < 4.78 is 0. The molecular formula is C17H16O2. The van der Waals surface area contributed by atoms with E-state index in [0.717, 1.165) is 21.9 Å². The summed E-state index contributed by atoms with van der Waals surface area (Å²) in [7, 11) is 0. The maximum atomic E-state index is 12.5. The fourth-order valence-corrected chi connectivity index (χ4v) is 3.02. The van der Waals surface area contributed by atoms with Gasteiger partial charge in [0.1, 0.15) is 0 Å². The molecule has 0 bridgehead atoms. The monoisotopic (exact) mass is 252 g/mol. The van der Waals surface area contributed by atoms with Crippen LogP contribution in [0.3, 0.4) is 0 Å². The second-order valence-electron chi connectivity index (χ2n) is 5.89. The normalized spacial score (nSPS) is 17.1. The van der Waals surface area contributed by atoms with Crippen LogP contribution in [0.15, 0.2) is 24.3 Å². The molecule has 0 radical (unpaired) electrons. The molecule has 3 rings (SSSR count). The Bertz CT molecular complexity index is 693. The second-order valence-corrected chi connectivity index (χ2v) is 5.89. The third-order valence-electron chi connectivity index (χ3n) is 4.20. The molecular weight excluding hydrogens is 236 g/mol. The summed E-state index contributed by atoms with van der Waals surface area (Å²) in [5.41, 5.74) is 2.63. The van der Waals surface area contributed by atoms with Crippen LogP contribution in [0.4, 0.5) is 0 Å². The van der Waals surface area contributed by atoms with Crippen molar-refractivity contribution in [1.82, 2.24) is 0 Å². The Morgan fingerprint density at radius 2 is 1.16 bits per heavy atom. The predicted octanol–water partition coefficient (Wildman–Crippen LogP) is 3.86. The smallest absolute Gasteiger partial charge is 0.176 e. The van der Waals surface area contributed by atoms with Crippen LogP contribution in [-0.2, 0) is 0 Å². The molecule has 19 heavy (non-hydrogen) atoms. The van der Waals surface area contributed by atoms with Gasteiger partial charge in [0.15, 0.2) is 11.6 Å². The minimum absolute atomic E-state index is 0.0689. The van der Waals surface area contributed by atoms with E-state index in [-0.39, 0.29) is 11.6 Å². The van der Waals surface area contributed by atoms with E-state index in [9.17, 15) is 9.59 Å². The summed E-state index contributed by atoms with van der Waals surface area (Å²) in [4.78, 5) is 25.1. The molecule has 0 aromatic heterocycles. The number of rotatable bonds is 0. The standard InChI is InChI=1S/C17H16O2/c1-9-5-7-11-14-12(8-6-10(2)13(9)14)16(19)17(3,4)15(11)18/h5-8H,1-4H3. The molecule has 96 valence electrons. The van der Waals surface area contributed by atoms with Crippen LogP contribution in [0.1, 0.15) is 45.7 Å². The van der Waals surface area contributed by atoms with Crippen LogP contribution in [-0.4, -0.2) is 11.6 Å². The van der Waals surface area contributed by atoms with Gasteiger partial charge < -0.3 is 0 Å². The molecule has 0 unspecified atom stereocenters. The average molecular weight is 252 g/mol. The first-order chi connectivity index (χ1) is 8.85. The molecule has 0 fully saturated rings. The number of carbonyl (C=O) groups is 2. The largest absolute Gasteiger partial charge is 0.293 e. The Hall–Kier alpha value is -1.96. The first-order valence-corrected chi connectivity index (χ1v) is 6.48. The van der Waals surface area contributed by atoms with E-state index < -0.39 is 5.41 Å². The molecule has 0 heterocycles. The highest BCUT2D eigenvalue weighted by atomic mass is 16.2. The lowest BCUT2D eigenvalue weighted by Gasteiger charge is -2.29. The Kier molecular flexibility index (Phi) is 2.25. The molecule has 0 amide bonds.